The van der Waals surface area contributed by atoms with Crippen LogP contribution in [-0.2, 0) is 14.0 Å². The van der Waals surface area contributed by atoms with Gasteiger partial charge in [0.2, 0.25) is 12.2 Å². The van der Waals surface area contributed by atoms with Crippen molar-refractivity contribution in [2.75, 3.05) is 6.54 Å². The second-order valence-electron chi connectivity index (χ2n) is 10.3. The summed E-state index contributed by atoms with van der Waals surface area (Å²) in [6, 6.07) is 0.134. The van der Waals surface area contributed by atoms with Crippen molar-refractivity contribution in [3.05, 3.63) is 12.7 Å². The molecule has 0 aromatic heterocycles. The summed E-state index contributed by atoms with van der Waals surface area (Å²) in [5.41, 5.74) is 0. The molecule has 8 heteroatoms. The zero-order valence-corrected chi connectivity index (χ0v) is 20.4. The van der Waals surface area contributed by atoms with Crippen LogP contribution in [0.2, 0.25) is 18.1 Å². The minimum absolute atomic E-state index is 0.0912. The number of ether oxygens (including phenoxy) is 1. The second kappa shape index (κ2) is 9.83. The predicted molar refractivity (Wildman–Crippen MR) is 119 cm³/mol. The van der Waals surface area contributed by atoms with E-state index >= 15 is 0 Å². The highest BCUT2D eigenvalue weighted by atomic mass is 28.4. The molecule has 2 amide bonds. The molecule has 0 spiro atoms. The summed E-state index contributed by atoms with van der Waals surface area (Å²) in [6.07, 6.45) is 3.23. The fourth-order valence-electron chi connectivity index (χ4n) is 4.32. The lowest BCUT2D eigenvalue weighted by atomic mass is 9.70. The van der Waals surface area contributed by atoms with Crippen molar-refractivity contribution in [3.63, 3.8) is 0 Å². The number of aliphatic hydroxyl groups excluding tert-OH is 1. The standard InChI is InChI=1S/C22H40N2O5Si/c1-8-17(25)28-21(27)23-13-15-10-9-11-16(12-15)19-18(20(26)24-19)14(2)29-30(6,7)22(3,4)5/h8,14-19,25H,1,9-13H2,2-7H3,(H,23,27)(H,24,26)/t14-,15-,16-,17-,18-,19-/m1/s1. The Morgan fingerprint density at radius 2 is 2.07 bits per heavy atom. The topological polar surface area (TPSA) is 96.9 Å². The number of amides is 2. The molecule has 1 aliphatic heterocycles. The number of alkyl carbamates (subject to hydrolysis) is 1. The van der Waals surface area contributed by atoms with Crippen LogP contribution in [0.15, 0.2) is 12.7 Å². The number of aliphatic hydroxyl groups is 1. The van der Waals surface area contributed by atoms with Gasteiger partial charge < -0.3 is 24.9 Å². The fraction of sp³-hybridized carbons (Fsp3) is 0.818. The quantitative estimate of drug-likeness (QED) is 0.232. The Morgan fingerprint density at radius 1 is 1.40 bits per heavy atom. The van der Waals surface area contributed by atoms with Crippen molar-refractivity contribution in [1.29, 1.82) is 0 Å². The van der Waals surface area contributed by atoms with Crippen LogP contribution in [0.3, 0.4) is 0 Å². The Kier molecular flexibility index (Phi) is 8.15. The van der Waals surface area contributed by atoms with Crippen LogP contribution in [0.25, 0.3) is 0 Å². The smallest absolute Gasteiger partial charge is 0.409 e. The summed E-state index contributed by atoms with van der Waals surface area (Å²) in [5, 5.41) is 15.3. The van der Waals surface area contributed by atoms with Crippen LogP contribution in [0.5, 0.6) is 0 Å². The van der Waals surface area contributed by atoms with Crippen LogP contribution in [0, 0.1) is 17.8 Å². The summed E-state index contributed by atoms with van der Waals surface area (Å²) in [5.74, 6) is 0.692. The molecule has 0 unspecified atom stereocenters. The molecule has 3 N–H and O–H groups in total. The van der Waals surface area contributed by atoms with Crippen molar-refractivity contribution < 1.29 is 23.9 Å². The summed E-state index contributed by atoms with van der Waals surface area (Å²) in [6.45, 7) is 17.0. The first-order chi connectivity index (χ1) is 13.9. The van der Waals surface area contributed by atoms with Gasteiger partial charge in [0.25, 0.3) is 0 Å². The molecule has 1 saturated carbocycles. The van der Waals surface area contributed by atoms with Gasteiger partial charge in [0.1, 0.15) is 0 Å². The van der Waals surface area contributed by atoms with Crippen molar-refractivity contribution in [3.8, 4) is 0 Å². The highest BCUT2D eigenvalue weighted by Gasteiger charge is 2.50. The van der Waals surface area contributed by atoms with Gasteiger partial charge in [-0.1, -0.05) is 33.8 Å². The van der Waals surface area contributed by atoms with E-state index in [4.69, 9.17) is 9.16 Å². The second-order valence-corrected chi connectivity index (χ2v) is 15.1. The maximum atomic E-state index is 12.4. The van der Waals surface area contributed by atoms with Gasteiger partial charge in [-0.15, -0.1) is 0 Å². The SMILES string of the molecule is C=C[C@H](O)OC(=O)NC[C@@H]1CCC[C@@H]([C@H]2NC(=O)[C@@H]2[C@@H](C)O[Si](C)(C)C(C)(C)C)C1. The van der Waals surface area contributed by atoms with Crippen LogP contribution >= 0.6 is 0 Å². The largest absolute Gasteiger partial charge is 0.416 e. The van der Waals surface area contributed by atoms with E-state index < -0.39 is 20.7 Å². The highest BCUT2D eigenvalue weighted by Crippen LogP contribution is 2.41. The molecule has 2 rings (SSSR count). The third kappa shape index (κ3) is 6.08. The van der Waals surface area contributed by atoms with Crippen molar-refractivity contribution in [1.82, 2.24) is 10.6 Å². The number of hydrogen-bond donors (Lipinski definition) is 3. The van der Waals surface area contributed by atoms with E-state index in [2.05, 4.69) is 51.1 Å². The molecule has 0 aromatic rings. The minimum atomic E-state index is -1.95. The van der Waals surface area contributed by atoms with Gasteiger partial charge in [0.05, 0.1) is 12.0 Å². The van der Waals surface area contributed by atoms with Crippen LogP contribution in [0.4, 0.5) is 4.79 Å². The van der Waals surface area contributed by atoms with E-state index in [9.17, 15) is 14.7 Å². The number of hydrogen-bond acceptors (Lipinski definition) is 5. The molecule has 2 aliphatic rings. The molecular weight excluding hydrogens is 400 g/mol. The van der Waals surface area contributed by atoms with Crippen molar-refractivity contribution in [2.45, 2.75) is 89.9 Å². The van der Waals surface area contributed by atoms with Gasteiger partial charge >= 0.3 is 6.09 Å². The Labute approximate surface area is 182 Å². The van der Waals surface area contributed by atoms with Crippen LogP contribution < -0.4 is 10.6 Å². The average Bonchev–Trinajstić information content (AvgIpc) is 2.62. The van der Waals surface area contributed by atoms with E-state index in [1.54, 1.807) is 0 Å². The molecule has 7 nitrogen and oxygen atoms in total. The lowest BCUT2D eigenvalue weighted by Crippen LogP contribution is -2.66. The normalized spacial score (nSPS) is 29.2. The Hall–Kier alpha value is -1.38. The van der Waals surface area contributed by atoms with Crippen molar-refractivity contribution in [2.24, 2.45) is 17.8 Å². The molecule has 172 valence electrons. The first kappa shape index (κ1) is 24.9. The summed E-state index contributed by atoms with van der Waals surface area (Å²) >= 11 is 0. The lowest BCUT2D eigenvalue weighted by Gasteiger charge is -2.49. The molecule has 1 aliphatic carbocycles. The molecular formula is C22H40N2O5Si. The van der Waals surface area contributed by atoms with Gasteiger partial charge in [-0.05, 0) is 62.2 Å². The van der Waals surface area contributed by atoms with Crippen molar-refractivity contribution >= 4 is 20.3 Å². The first-order valence-electron chi connectivity index (χ1n) is 11.1. The Bertz CT molecular complexity index is 634. The van der Waals surface area contributed by atoms with Gasteiger partial charge in [0, 0.05) is 12.6 Å². The van der Waals surface area contributed by atoms with E-state index in [1.165, 1.54) is 0 Å². The van der Waals surface area contributed by atoms with Gasteiger partial charge in [0.15, 0.2) is 8.32 Å². The van der Waals surface area contributed by atoms with Crippen LogP contribution in [-0.4, -0.2) is 50.4 Å². The molecule has 2 fully saturated rings. The summed E-state index contributed by atoms with van der Waals surface area (Å²) < 4.78 is 11.3. The lowest BCUT2D eigenvalue weighted by molar-refractivity contribution is -0.143. The zero-order valence-electron chi connectivity index (χ0n) is 19.4. The average molecular weight is 441 g/mol. The van der Waals surface area contributed by atoms with E-state index in [0.717, 1.165) is 31.8 Å². The number of carbonyl (C=O) groups is 2. The van der Waals surface area contributed by atoms with Gasteiger partial charge in [-0.3, -0.25) is 4.79 Å². The predicted octanol–water partition coefficient (Wildman–Crippen LogP) is 3.55. The molecule has 6 atom stereocenters. The molecule has 1 saturated heterocycles. The van der Waals surface area contributed by atoms with E-state index in [-0.39, 0.29) is 29.0 Å². The first-order valence-corrected chi connectivity index (χ1v) is 14.0. The molecule has 1 heterocycles. The molecule has 0 radical (unpaired) electrons. The van der Waals surface area contributed by atoms with Gasteiger partial charge in [-0.2, -0.15) is 0 Å². The summed E-state index contributed by atoms with van der Waals surface area (Å²) in [7, 11) is -1.95. The molecule has 30 heavy (non-hydrogen) atoms. The zero-order chi connectivity index (χ0) is 22.7. The van der Waals surface area contributed by atoms with Gasteiger partial charge in [-0.25, -0.2) is 4.79 Å². The molecule has 0 bridgehead atoms. The third-order valence-electron chi connectivity index (χ3n) is 7.09. The highest BCUT2D eigenvalue weighted by molar-refractivity contribution is 6.74. The number of carbonyl (C=O) groups excluding carboxylic acids is 2. The Morgan fingerprint density at radius 3 is 2.63 bits per heavy atom. The summed E-state index contributed by atoms with van der Waals surface area (Å²) in [4.78, 5) is 24.1. The number of nitrogens with one attached hydrogen (secondary N) is 2. The maximum Gasteiger partial charge on any atom is 0.409 e. The monoisotopic (exact) mass is 440 g/mol. The minimum Gasteiger partial charge on any atom is -0.416 e. The van der Waals surface area contributed by atoms with Crippen LogP contribution in [0.1, 0.15) is 53.4 Å². The number of β-lactam (4-membered cyclic amide) rings is 1. The third-order valence-corrected chi connectivity index (χ3v) is 11.7. The van der Waals surface area contributed by atoms with E-state index in [1.807, 2.05) is 6.92 Å². The molecule has 0 aromatic carbocycles. The van der Waals surface area contributed by atoms with E-state index in [0.29, 0.717) is 18.4 Å². The fourth-order valence-corrected chi connectivity index (χ4v) is 5.75. The number of rotatable bonds is 8. The Balaban J connectivity index is 1.91. The maximum absolute atomic E-state index is 12.4.